The van der Waals surface area contributed by atoms with E-state index in [1.165, 1.54) is 31.2 Å². The summed E-state index contributed by atoms with van der Waals surface area (Å²) in [6, 6.07) is 10.8. The smallest absolute Gasteiger partial charge is 0.224 e. The molecule has 1 aliphatic carbocycles. The molecule has 0 spiro atoms. The summed E-state index contributed by atoms with van der Waals surface area (Å²) in [5.74, 6) is 1.01. The van der Waals surface area contributed by atoms with Crippen molar-refractivity contribution in [3.05, 3.63) is 42.1 Å². The molecule has 1 aromatic carbocycles. The second kappa shape index (κ2) is 5.53. The lowest BCUT2D eigenvalue weighted by Gasteiger charge is -2.30. The zero-order valence-corrected chi connectivity index (χ0v) is 12.9. The Labute approximate surface area is 134 Å². The Bertz CT molecular complexity index is 804. The van der Waals surface area contributed by atoms with E-state index in [1.54, 1.807) is 6.20 Å². The van der Waals surface area contributed by atoms with E-state index in [0.29, 0.717) is 5.65 Å². The van der Waals surface area contributed by atoms with Crippen LogP contribution in [0.1, 0.15) is 31.2 Å². The van der Waals surface area contributed by atoms with E-state index in [0.717, 1.165) is 17.7 Å². The van der Waals surface area contributed by atoms with Gasteiger partial charge in [-0.1, -0.05) is 43.2 Å². The van der Waals surface area contributed by atoms with Crippen molar-refractivity contribution in [2.45, 2.75) is 31.1 Å². The predicted molar refractivity (Wildman–Crippen MR) is 91.2 cm³/mol. The fourth-order valence-electron chi connectivity index (χ4n) is 3.65. The molecule has 0 bridgehead atoms. The van der Waals surface area contributed by atoms with Crippen molar-refractivity contribution in [2.24, 2.45) is 0 Å². The Kier molecular flexibility index (Phi) is 3.37. The summed E-state index contributed by atoms with van der Waals surface area (Å²) in [5.41, 5.74) is 8.03. The summed E-state index contributed by atoms with van der Waals surface area (Å²) < 4.78 is 0. The molecule has 4 rings (SSSR count). The molecule has 0 unspecified atom stereocenters. The first-order valence-corrected chi connectivity index (χ1v) is 8.03. The molecule has 0 saturated heterocycles. The molecule has 118 valence electrons. The summed E-state index contributed by atoms with van der Waals surface area (Å²) in [7, 11) is 0. The number of anilines is 2. The molecule has 6 heteroatoms. The maximum Gasteiger partial charge on any atom is 0.224 e. The third kappa shape index (κ3) is 2.50. The highest BCUT2D eigenvalue weighted by Crippen LogP contribution is 2.41. The zero-order chi connectivity index (χ0) is 15.7. The Hall–Kier alpha value is -2.63. The minimum absolute atomic E-state index is 0.164. The normalized spacial score (nSPS) is 16.7. The Morgan fingerprint density at radius 1 is 1.13 bits per heavy atom. The quantitative estimate of drug-likeness (QED) is 0.689. The number of aromatic nitrogens is 4. The molecule has 23 heavy (non-hydrogen) atoms. The van der Waals surface area contributed by atoms with Crippen LogP contribution in [0.4, 0.5) is 11.8 Å². The zero-order valence-electron chi connectivity index (χ0n) is 12.9. The molecule has 0 radical (unpaired) electrons. The average Bonchev–Trinajstić information content (AvgIpc) is 3.23. The molecular formula is C17H20N6. The highest BCUT2D eigenvalue weighted by molar-refractivity contribution is 5.86. The van der Waals surface area contributed by atoms with Crippen LogP contribution in [0.3, 0.4) is 0 Å². The standard InChI is InChI=1S/C17H20N6/c18-16-21-14(13-10-20-23-15(13)22-16)19-11-17(8-4-5-9-17)12-6-2-1-3-7-12/h1-3,6-7,10H,4-5,8-9,11H2,(H4,18,19,20,21,22,23). The summed E-state index contributed by atoms with van der Waals surface area (Å²) in [6.45, 7) is 0.841. The molecule has 2 aromatic heterocycles. The molecule has 2 heterocycles. The summed E-state index contributed by atoms with van der Waals surface area (Å²) in [6.07, 6.45) is 6.66. The third-order valence-electron chi connectivity index (χ3n) is 4.87. The van der Waals surface area contributed by atoms with Gasteiger partial charge >= 0.3 is 0 Å². The van der Waals surface area contributed by atoms with Gasteiger partial charge in [0.2, 0.25) is 5.95 Å². The Balaban J connectivity index is 1.64. The molecule has 1 aliphatic rings. The van der Waals surface area contributed by atoms with Crippen molar-refractivity contribution >= 4 is 22.8 Å². The van der Waals surface area contributed by atoms with Crippen molar-refractivity contribution in [2.75, 3.05) is 17.6 Å². The lowest BCUT2D eigenvalue weighted by Crippen LogP contribution is -2.31. The SMILES string of the molecule is Nc1nc(NCC2(c3ccccc3)CCCC2)c2cn[nH]c2n1. The maximum atomic E-state index is 5.80. The van der Waals surface area contributed by atoms with Crippen LogP contribution in [0, 0.1) is 0 Å². The monoisotopic (exact) mass is 308 g/mol. The van der Waals surface area contributed by atoms with Crippen LogP contribution in [0.25, 0.3) is 11.0 Å². The van der Waals surface area contributed by atoms with Gasteiger partial charge in [-0.3, -0.25) is 5.10 Å². The van der Waals surface area contributed by atoms with Gasteiger partial charge in [-0.25, -0.2) is 0 Å². The first kappa shape index (κ1) is 14.0. The van der Waals surface area contributed by atoms with Gasteiger partial charge in [-0.2, -0.15) is 15.1 Å². The van der Waals surface area contributed by atoms with Gasteiger partial charge in [0.1, 0.15) is 5.82 Å². The van der Waals surface area contributed by atoms with Gasteiger partial charge in [0, 0.05) is 12.0 Å². The van der Waals surface area contributed by atoms with Crippen LogP contribution in [-0.2, 0) is 5.41 Å². The molecule has 0 amide bonds. The van der Waals surface area contributed by atoms with E-state index >= 15 is 0 Å². The number of fused-ring (bicyclic) bond motifs is 1. The Morgan fingerprint density at radius 3 is 2.70 bits per heavy atom. The molecule has 3 aromatic rings. The molecule has 4 N–H and O–H groups in total. The lowest BCUT2D eigenvalue weighted by atomic mass is 9.79. The minimum atomic E-state index is 0.164. The summed E-state index contributed by atoms with van der Waals surface area (Å²) in [5, 5.41) is 11.3. The van der Waals surface area contributed by atoms with Crippen molar-refractivity contribution in [1.82, 2.24) is 20.2 Å². The van der Waals surface area contributed by atoms with Crippen LogP contribution < -0.4 is 11.1 Å². The second-order valence-corrected chi connectivity index (χ2v) is 6.27. The van der Waals surface area contributed by atoms with E-state index < -0.39 is 0 Å². The van der Waals surface area contributed by atoms with Crippen LogP contribution in [0.2, 0.25) is 0 Å². The van der Waals surface area contributed by atoms with E-state index in [1.807, 2.05) is 0 Å². The minimum Gasteiger partial charge on any atom is -0.368 e. The topological polar surface area (TPSA) is 92.5 Å². The van der Waals surface area contributed by atoms with Crippen LogP contribution in [0.5, 0.6) is 0 Å². The number of hydrogen-bond acceptors (Lipinski definition) is 5. The molecule has 1 fully saturated rings. The number of H-pyrrole nitrogens is 1. The highest BCUT2D eigenvalue weighted by atomic mass is 15.2. The van der Waals surface area contributed by atoms with Crippen molar-refractivity contribution < 1.29 is 0 Å². The van der Waals surface area contributed by atoms with Crippen molar-refractivity contribution in [3.8, 4) is 0 Å². The van der Waals surface area contributed by atoms with Crippen LogP contribution in [-0.4, -0.2) is 26.7 Å². The van der Waals surface area contributed by atoms with E-state index in [-0.39, 0.29) is 11.4 Å². The van der Waals surface area contributed by atoms with Crippen molar-refractivity contribution in [1.29, 1.82) is 0 Å². The van der Waals surface area contributed by atoms with Crippen LogP contribution >= 0.6 is 0 Å². The summed E-state index contributed by atoms with van der Waals surface area (Å²) in [4.78, 5) is 8.52. The number of nitrogens with zero attached hydrogens (tertiary/aromatic N) is 3. The van der Waals surface area contributed by atoms with Gasteiger partial charge in [-0.15, -0.1) is 0 Å². The van der Waals surface area contributed by atoms with E-state index in [4.69, 9.17) is 5.73 Å². The third-order valence-corrected chi connectivity index (χ3v) is 4.87. The molecule has 0 aliphatic heterocycles. The molecule has 0 atom stereocenters. The number of nitrogen functional groups attached to an aromatic ring is 1. The number of nitrogens with one attached hydrogen (secondary N) is 2. The van der Waals surface area contributed by atoms with Gasteiger partial charge in [0.15, 0.2) is 5.65 Å². The fourth-order valence-corrected chi connectivity index (χ4v) is 3.65. The molecule has 1 saturated carbocycles. The number of benzene rings is 1. The lowest BCUT2D eigenvalue weighted by molar-refractivity contribution is 0.466. The molecular weight excluding hydrogens is 288 g/mol. The van der Waals surface area contributed by atoms with E-state index in [9.17, 15) is 0 Å². The van der Waals surface area contributed by atoms with Gasteiger partial charge in [0.05, 0.1) is 11.6 Å². The fraction of sp³-hybridized carbons (Fsp3) is 0.353. The second-order valence-electron chi connectivity index (χ2n) is 6.27. The number of hydrogen-bond donors (Lipinski definition) is 3. The van der Waals surface area contributed by atoms with Gasteiger partial charge in [0.25, 0.3) is 0 Å². The number of rotatable bonds is 4. The number of nitrogens with two attached hydrogens (primary N) is 1. The summed E-state index contributed by atoms with van der Waals surface area (Å²) >= 11 is 0. The number of aromatic amines is 1. The predicted octanol–water partition coefficient (Wildman–Crippen LogP) is 2.86. The largest absolute Gasteiger partial charge is 0.368 e. The van der Waals surface area contributed by atoms with Gasteiger partial charge in [-0.05, 0) is 18.4 Å². The van der Waals surface area contributed by atoms with Gasteiger partial charge < -0.3 is 11.1 Å². The van der Waals surface area contributed by atoms with Crippen molar-refractivity contribution in [3.63, 3.8) is 0 Å². The first-order chi connectivity index (χ1) is 11.3. The van der Waals surface area contributed by atoms with E-state index in [2.05, 4.69) is 55.8 Å². The Morgan fingerprint density at radius 2 is 1.91 bits per heavy atom. The maximum absolute atomic E-state index is 5.80. The first-order valence-electron chi connectivity index (χ1n) is 8.03. The molecule has 6 nitrogen and oxygen atoms in total. The average molecular weight is 308 g/mol. The highest BCUT2D eigenvalue weighted by Gasteiger charge is 2.35. The van der Waals surface area contributed by atoms with Crippen LogP contribution in [0.15, 0.2) is 36.5 Å².